The van der Waals surface area contributed by atoms with E-state index in [4.69, 9.17) is 0 Å². The summed E-state index contributed by atoms with van der Waals surface area (Å²) in [5.74, 6) is 0. The molecular weight excluding hydrogens is 516 g/mol. The van der Waals surface area contributed by atoms with Gasteiger partial charge in [-0.3, -0.25) is 0 Å². The monoisotopic (exact) mass is 545 g/mol. The molecule has 2 aromatic rings. The molecule has 0 saturated heterocycles. The van der Waals surface area contributed by atoms with Crippen molar-refractivity contribution < 1.29 is 54.5 Å². The van der Waals surface area contributed by atoms with Gasteiger partial charge in [-0.2, -0.15) is 0 Å². The third-order valence-electron chi connectivity index (χ3n) is 4.56. The van der Waals surface area contributed by atoms with Gasteiger partial charge < -0.3 is 17.0 Å². The fraction of sp³-hybridized carbons (Fsp3) is 0.455. The third-order valence-corrected chi connectivity index (χ3v) is 9.71. The Labute approximate surface area is 191 Å². The summed E-state index contributed by atoms with van der Waals surface area (Å²) in [4.78, 5) is 0. The maximum Gasteiger partial charge on any atom is -1.00 e. The van der Waals surface area contributed by atoms with Crippen molar-refractivity contribution in [1.29, 1.82) is 0 Å². The van der Waals surface area contributed by atoms with E-state index in [-0.39, 0.29) is 28.1 Å². The molecule has 2 N–H and O–H groups in total. The molecule has 0 atom stereocenters. The first-order valence-corrected chi connectivity index (χ1v) is 12.4. The molecule has 2 aromatic carbocycles. The summed E-state index contributed by atoms with van der Waals surface area (Å²) >= 11 is -1.03. The van der Waals surface area contributed by atoms with Crippen LogP contribution >= 0.6 is 0 Å². The summed E-state index contributed by atoms with van der Waals surface area (Å²) in [6.45, 7) is 9.34. The molecule has 0 aromatic heterocycles. The Morgan fingerprint density at radius 3 is 1.35 bits per heavy atom. The zero-order valence-electron chi connectivity index (χ0n) is 16.5. The van der Waals surface area contributed by atoms with Crippen molar-refractivity contribution >= 4 is 0 Å². The van der Waals surface area contributed by atoms with Gasteiger partial charge in [0, 0.05) is 0 Å². The van der Waals surface area contributed by atoms with Crippen molar-refractivity contribution in [2.45, 2.75) is 64.5 Å². The van der Waals surface area contributed by atoms with Crippen molar-refractivity contribution in [3.8, 4) is 0 Å². The predicted octanol–water partition coefficient (Wildman–Crippen LogP) is 1.91. The molecular formula is C22H32BrN2Nd. The average Bonchev–Trinajstić information content (AvgIpc) is 2.60. The van der Waals surface area contributed by atoms with Crippen LogP contribution in [0.4, 0.5) is 0 Å². The number of hydrogen-bond acceptors (Lipinski definition) is 2. The Morgan fingerprint density at radius 2 is 1.00 bits per heavy atom. The number of hydrogen-bond donors (Lipinski definition) is 2. The molecule has 4 heteroatoms. The van der Waals surface area contributed by atoms with Gasteiger partial charge in [-0.1, -0.05) is 0 Å². The summed E-state index contributed by atoms with van der Waals surface area (Å²) in [7, 11) is 0. The van der Waals surface area contributed by atoms with E-state index in [1.54, 1.807) is 0 Å². The SMILES string of the molecule is CC(C)(CCc1ccccc1)[NH][Nd+][NH]C(C)(C)CCc1ccccc1.[Br-]. The molecule has 0 aliphatic rings. The van der Waals surface area contributed by atoms with E-state index < -0.39 is 37.5 Å². The van der Waals surface area contributed by atoms with Gasteiger partial charge in [0.1, 0.15) is 0 Å². The van der Waals surface area contributed by atoms with Crippen LogP contribution in [0.2, 0.25) is 0 Å². The molecule has 0 fully saturated rings. The predicted molar refractivity (Wildman–Crippen MR) is 104 cm³/mol. The fourth-order valence-corrected chi connectivity index (χ4v) is 5.87. The van der Waals surface area contributed by atoms with E-state index in [1.165, 1.54) is 24.0 Å². The quantitative estimate of drug-likeness (QED) is 0.474. The van der Waals surface area contributed by atoms with Gasteiger partial charge in [-0.25, -0.2) is 0 Å². The average molecular weight is 549 g/mol. The van der Waals surface area contributed by atoms with Gasteiger partial charge in [0.05, 0.1) is 0 Å². The van der Waals surface area contributed by atoms with Gasteiger partial charge in [0.25, 0.3) is 0 Å². The van der Waals surface area contributed by atoms with Gasteiger partial charge in [0.15, 0.2) is 0 Å². The van der Waals surface area contributed by atoms with Crippen LogP contribution in [-0.2, 0) is 12.8 Å². The van der Waals surface area contributed by atoms with E-state index in [0.29, 0.717) is 0 Å². The molecule has 0 radical (unpaired) electrons. The minimum Gasteiger partial charge on any atom is -1.00 e. The van der Waals surface area contributed by atoms with E-state index in [9.17, 15) is 0 Å². The minimum absolute atomic E-state index is 0. The van der Waals surface area contributed by atoms with Crippen LogP contribution in [0.1, 0.15) is 51.7 Å². The Bertz CT molecular complexity index is 559. The Balaban J connectivity index is 0.00000338. The van der Waals surface area contributed by atoms with Gasteiger partial charge in [-0.15, -0.1) is 0 Å². The van der Waals surface area contributed by atoms with Crippen LogP contribution in [0.3, 0.4) is 0 Å². The maximum absolute atomic E-state index is 3.87. The second kappa shape index (κ2) is 11.9. The molecule has 2 rings (SSSR count). The molecule has 0 spiro atoms. The molecule has 0 bridgehead atoms. The molecule has 0 aliphatic carbocycles. The first-order valence-electron chi connectivity index (χ1n) is 9.24. The van der Waals surface area contributed by atoms with Crippen molar-refractivity contribution in [2.75, 3.05) is 0 Å². The van der Waals surface area contributed by atoms with Gasteiger partial charge in [0.2, 0.25) is 0 Å². The summed E-state index contributed by atoms with van der Waals surface area (Å²) < 4.78 is 7.73. The second-order valence-corrected chi connectivity index (χ2v) is 10.5. The molecule has 0 amide bonds. The van der Waals surface area contributed by atoms with Crippen LogP contribution in [0.25, 0.3) is 0 Å². The maximum atomic E-state index is 3.87. The number of rotatable bonds is 10. The summed E-state index contributed by atoms with van der Waals surface area (Å²) in [5.41, 5.74) is 3.28. The summed E-state index contributed by atoms with van der Waals surface area (Å²) in [6, 6.07) is 21.6. The first-order chi connectivity index (χ1) is 11.9. The molecule has 141 valence electrons. The summed E-state index contributed by atoms with van der Waals surface area (Å²) in [6.07, 6.45) is 4.63. The molecule has 26 heavy (non-hydrogen) atoms. The smallest absolute Gasteiger partial charge is 1.00 e. The van der Waals surface area contributed by atoms with E-state index in [1.807, 2.05) is 0 Å². The Kier molecular flexibility index (Phi) is 11.1. The number of nitrogens with one attached hydrogen (secondary N) is 2. The van der Waals surface area contributed by atoms with Crippen LogP contribution in [0, 0.1) is 37.5 Å². The molecule has 0 heterocycles. The van der Waals surface area contributed by atoms with Gasteiger partial charge in [-0.05, 0) is 0 Å². The van der Waals surface area contributed by atoms with E-state index >= 15 is 0 Å². The number of halogens is 1. The van der Waals surface area contributed by atoms with Crippen molar-refractivity contribution in [1.82, 2.24) is 2.80 Å². The second-order valence-electron chi connectivity index (χ2n) is 8.11. The van der Waals surface area contributed by atoms with Crippen molar-refractivity contribution in [3.05, 3.63) is 71.8 Å². The Hall–Kier alpha value is 0.191. The summed E-state index contributed by atoms with van der Waals surface area (Å²) in [5, 5.41) is 0. The minimum atomic E-state index is -1.03. The fourth-order valence-electron chi connectivity index (χ4n) is 2.70. The van der Waals surface area contributed by atoms with Gasteiger partial charge >= 0.3 is 177 Å². The standard InChI is InChI=1S/2C11H16N.BrH.Nd/c2*1-11(2,12)9-8-10-6-4-3-5-7-10;;/h2*3-7,12H,8-9H2,1-2H3;1H;/q2*-1;;+3/p-1. The molecule has 2 nitrogen and oxygen atoms in total. The van der Waals surface area contributed by atoms with Crippen LogP contribution in [0.15, 0.2) is 60.7 Å². The largest absolute Gasteiger partial charge is 1.00 e. The van der Waals surface area contributed by atoms with Crippen LogP contribution < -0.4 is 19.8 Å². The Morgan fingerprint density at radius 1 is 0.654 bits per heavy atom. The van der Waals surface area contributed by atoms with E-state index in [0.717, 1.165) is 12.8 Å². The zero-order valence-corrected chi connectivity index (χ0v) is 21.3. The number of benzene rings is 2. The molecule has 0 saturated carbocycles. The molecule has 0 unspecified atom stereocenters. The van der Waals surface area contributed by atoms with Crippen LogP contribution in [0.5, 0.6) is 0 Å². The molecule has 0 aliphatic heterocycles. The normalized spacial score (nSPS) is 11.5. The van der Waals surface area contributed by atoms with Crippen LogP contribution in [-0.4, -0.2) is 11.1 Å². The third kappa shape index (κ3) is 9.93. The van der Waals surface area contributed by atoms with Crippen molar-refractivity contribution in [3.63, 3.8) is 0 Å². The number of aryl methyl sites for hydroxylation is 2. The van der Waals surface area contributed by atoms with E-state index in [2.05, 4.69) is 91.2 Å². The first kappa shape index (κ1) is 24.2. The van der Waals surface area contributed by atoms with Crippen molar-refractivity contribution in [2.24, 2.45) is 0 Å². The zero-order chi connectivity index (χ0) is 18.2. The topological polar surface area (TPSA) is 24.1 Å².